The summed E-state index contributed by atoms with van der Waals surface area (Å²) >= 11 is 6.16. The standard InChI is InChI=1S/C19H19ClN2O4/c1-11(23)22-7-6-12-8-14(4-5-16(12)22)21-19(24)13-9-15(20)18(26-3)17(10-13)25-2/h4-5,8-10H,6-7H2,1-3H3,(H,21,24). The molecule has 2 amide bonds. The van der Waals surface area contributed by atoms with Gasteiger partial charge in [-0.2, -0.15) is 0 Å². The summed E-state index contributed by atoms with van der Waals surface area (Å²) in [5.41, 5.74) is 2.94. The Balaban J connectivity index is 1.83. The Labute approximate surface area is 156 Å². The van der Waals surface area contributed by atoms with Gasteiger partial charge in [-0.1, -0.05) is 11.6 Å². The number of carbonyl (C=O) groups excluding carboxylic acids is 2. The number of benzene rings is 2. The highest BCUT2D eigenvalue weighted by atomic mass is 35.5. The lowest BCUT2D eigenvalue weighted by Crippen LogP contribution is -2.25. The number of amides is 2. The number of rotatable bonds is 4. The molecule has 1 aliphatic rings. The van der Waals surface area contributed by atoms with Gasteiger partial charge in [-0.05, 0) is 42.3 Å². The highest BCUT2D eigenvalue weighted by Gasteiger charge is 2.22. The van der Waals surface area contributed by atoms with E-state index in [1.807, 2.05) is 12.1 Å². The smallest absolute Gasteiger partial charge is 0.255 e. The molecule has 0 fully saturated rings. The molecule has 0 radical (unpaired) electrons. The number of hydrogen-bond acceptors (Lipinski definition) is 4. The van der Waals surface area contributed by atoms with E-state index >= 15 is 0 Å². The maximum Gasteiger partial charge on any atom is 0.255 e. The van der Waals surface area contributed by atoms with Crippen molar-refractivity contribution < 1.29 is 19.1 Å². The highest BCUT2D eigenvalue weighted by molar-refractivity contribution is 6.32. The SMILES string of the molecule is COc1cc(C(=O)Nc2ccc3c(c2)CCN3C(C)=O)cc(Cl)c1OC. The van der Waals surface area contributed by atoms with Crippen LogP contribution in [0.4, 0.5) is 11.4 Å². The molecule has 1 aliphatic heterocycles. The lowest BCUT2D eigenvalue weighted by Gasteiger charge is -2.15. The first-order valence-electron chi connectivity index (χ1n) is 8.08. The second-order valence-corrected chi connectivity index (χ2v) is 6.32. The van der Waals surface area contributed by atoms with Gasteiger partial charge in [0.1, 0.15) is 0 Å². The molecule has 1 heterocycles. The second-order valence-electron chi connectivity index (χ2n) is 5.91. The van der Waals surface area contributed by atoms with Crippen molar-refractivity contribution in [2.75, 3.05) is 31.0 Å². The molecule has 3 rings (SSSR count). The lowest BCUT2D eigenvalue weighted by atomic mass is 10.1. The molecule has 0 aliphatic carbocycles. The minimum absolute atomic E-state index is 0.0144. The van der Waals surface area contributed by atoms with E-state index in [0.717, 1.165) is 17.7 Å². The maximum atomic E-state index is 12.6. The van der Waals surface area contributed by atoms with Crippen molar-refractivity contribution in [3.8, 4) is 11.5 Å². The number of carbonyl (C=O) groups is 2. The van der Waals surface area contributed by atoms with Crippen LogP contribution in [0.5, 0.6) is 11.5 Å². The van der Waals surface area contributed by atoms with Crippen LogP contribution in [0.3, 0.4) is 0 Å². The van der Waals surface area contributed by atoms with Crippen molar-refractivity contribution in [3.63, 3.8) is 0 Å². The Bertz CT molecular complexity index is 882. The topological polar surface area (TPSA) is 67.9 Å². The van der Waals surface area contributed by atoms with Crippen molar-refractivity contribution in [1.29, 1.82) is 0 Å². The Morgan fingerprint density at radius 1 is 1.15 bits per heavy atom. The van der Waals surface area contributed by atoms with E-state index in [1.165, 1.54) is 20.3 Å². The predicted octanol–water partition coefficient (Wildman–Crippen LogP) is 3.52. The zero-order valence-electron chi connectivity index (χ0n) is 14.8. The zero-order chi connectivity index (χ0) is 18.8. The number of methoxy groups -OCH3 is 2. The quantitative estimate of drug-likeness (QED) is 0.889. The summed E-state index contributed by atoms with van der Waals surface area (Å²) in [4.78, 5) is 25.9. The molecule has 26 heavy (non-hydrogen) atoms. The van der Waals surface area contributed by atoms with Crippen LogP contribution in [0.1, 0.15) is 22.8 Å². The normalized spacial score (nSPS) is 12.5. The minimum Gasteiger partial charge on any atom is -0.493 e. The van der Waals surface area contributed by atoms with Crippen LogP contribution in [0, 0.1) is 0 Å². The van der Waals surface area contributed by atoms with Crippen LogP contribution >= 0.6 is 11.6 Å². The molecule has 0 aromatic heterocycles. The van der Waals surface area contributed by atoms with E-state index in [0.29, 0.717) is 34.3 Å². The first kappa shape index (κ1) is 18.1. The van der Waals surface area contributed by atoms with Gasteiger partial charge in [0.25, 0.3) is 5.91 Å². The molecule has 0 bridgehead atoms. The van der Waals surface area contributed by atoms with Gasteiger partial charge in [-0.3, -0.25) is 9.59 Å². The molecule has 7 heteroatoms. The molecular formula is C19H19ClN2O4. The van der Waals surface area contributed by atoms with Crippen LogP contribution in [0.2, 0.25) is 5.02 Å². The zero-order valence-corrected chi connectivity index (χ0v) is 15.5. The van der Waals surface area contributed by atoms with Gasteiger partial charge >= 0.3 is 0 Å². The van der Waals surface area contributed by atoms with Crippen LogP contribution in [0.25, 0.3) is 0 Å². The number of anilines is 2. The van der Waals surface area contributed by atoms with E-state index in [4.69, 9.17) is 21.1 Å². The molecule has 2 aromatic rings. The predicted molar refractivity (Wildman–Crippen MR) is 101 cm³/mol. The third-order valence-corrected chi connectivity index (χ3v) is 4.59. The molecule has 0 atom stereocenters. The fraction of sp³-hybridized carbons (Fsp3) is 0.263. The fourth-order valence-corrected chi connectivity index (χ4v) is 3.35. The number of hydrogen-bond donors (Lipinski definition) is 1. The van der Waals surface area contributed by atoms with Crippen molar-refractivity contribution in [2.45, 2.75) is 13.3 Å². The Kier molecular flexibility index (Phi) is 5.04. The van der Waals surface area contributed by atoms with Crippen molar-refractivity contribution in [2.24, 2.45) is 0 Å². The highest BCUT2D eigenvalue weighted by Crippen LogP contribution is 2.36. The number of ether oxygens (including phenoxy) is 2. The largest absolute Gasteiger partial charge is 0.493 e. The number of nitrogens with one attached hydrogen (secondary N) is 1. The van der Waals surface area contributed by atoms with Crippen molar-refractivity contribution in [3.05, 3.63) is 46.5 Å². The summed E-state index contributed by atoms with van der Waals surface area (Å²) in [5, 5.41) is 3.15. The molecule has 1 N–H and O–H groups in total. The first-order valence-corrected chi connectivity index (χ1v) is 8.46. The summed E-state index contributed by atoms with van der Waals surface area (Å²) < 4.78 is 10.4. The summed E-state index contributed by atoms with van der Waals surface area (Å²) in [6.45, 7) is 2.21. The second kappa shape index (κ2) is 7.25. The third kappa shape index (κ3) is 3.32. The van der Waals surface area contributed by atoms with Crippen LogP contribution in [-0.2, 0) is 11.2 Å². The van der Waals surface area contributed by atoms with E-state index < -0.39 is 0 Å². The lowest BCUT2D eigenvalue weighted by molar-refractivity contribution is -0.116. The molecule has 136 valence electrons. The van der Waals surface area contributed by atoms with Crippen LogP contribution in [-0.4, -0.2) is 32.6 Å². The van der Waals surface area contributed by atoms with Gasteiger partial charge in [0, 0.05) is 30.4 Å². The molecular weight excluding hydrogens is 356 g/mol. The number of halogens is 1. The van der Waals surface area contributed by atoms with Crippen molar-refractivity contribution >= 4 is 34.8 Å². The van der Waals surface area contributed by atoms with E-state index in [-0.39, 0.29) is 11.8 Å². The van der Waals surface area contributed by atoms with E-state index in [2.05, 4.69) is 5.32 Å². The van der Waals surface area contributed by atoms with E-state index in [1.54, 1.807) is 24.0 Å². The molecule has 2 aromatic carbocycles. The van der Waals surface area contributed by atoms with Gasteiger partial charge in [0.2, 0.25) is 5.91 Å². The third-order valence-electron chi connectivity index (χ3n) is 4.31. The summed E-state index contributed by atoms with van der Waals surface area (Å²) in [6.07, 6.45) is 0.765. The molecule has 0 saturated heterocycles. The van der Waals surface area contributed by atoms with E-state index in [9.17, 15) is 9.59 Å². The first-order chi connectivity index (χ1) is 12.4. The fourth-order valence-electron chi connectivity index (χ4n) is 3.06. The Morgan fingerprint density at radius 2 is 1.92 bits per heavy atom. The summed E-state index contributed by atoms with van der Waals surface area (Å²) in [6, 6.07) is 8.62. The van der Waals surface area contributed by atoms with Gasteiger partial charge in [0.05, 0.1) is 19.2 Å². The van der Waals surface area contributed by atoms with Crippen molar-refractivity contribution in [1.82, 2.24) is 0 Å². The van der Waals surface area contributed by atoms with Gasteiger partial charge in [-0.25, -0.2) is 0 Å². The average Bonchev–Trinajstić information content (AvgIpc) is 3.04. The van der Waals surface area contributed by atoms with Gasteiger partial charge < -0.3 is 19.7 Å². The van der Waals surface area contributed by atoms with Crippen LogP contribution < -0.4 is 19.7 Å². The Morgan fingerprint density at radius 3 is 2.58 bits per heavy atom. The summed E-state index contributed by atoms with van der Waals surface area (Å²) in [7, 11) is 2.97. The van der Waals surface area contributed by atoms with Gasteiger partial charge in [0.15, 0.2) is 11.5 Å². The molecule has 0 unspecified atom stereocenters. The number of nitrogens with zero attached hydrogens (tertiary/aromatic N) is 1. The van der Waals surface area contributed by atoms with Gasteiger partial charge in [-0.15, -0.1) is 0 Å². The molecule has 6 nitrogen and oxygen atoms in total. The maximum absolute atomic E-state index is 12.6. The minimum atomic E-state index is -0.311. The average molecular weight is 375 g/mol. The monoisotopic (exact) mass is 374 g/mol. The van der Waals surface area contributed by atoms with Crippen LogP contribution in [0.15, 0.2) is 30.3 Å². The molecule has 0 spiro atoms. The molecule has 0 saturated carbocycles. The Hall–Kier alpha value is -2.73. The summed E-state index contributed by atoms with van der Waals surface area (Å²) in [5.74, 6) is 0.471. The number of fused-ring (bicyclic) bond motifs is 1.